The Bertz CT molecular complexity index is 543. The summed E-state index contributed by atoms with van der Waals surface area (Å²) < 4.78 is 7.79. The first-order valence-electron chi connectivity index (χ1n) is 7.72. The number of aromatic nitrogens is 1. The zero-order chi connectivity index (χ0) is 15.6. The Morgan fingerprint density at radius 1 is 1.33 bits per heavy atom. The number of aryl methyl sites for hydroxylation is 1. The number of morpholine rings is 1. The maximum absolute atomic E-state index is 11.9. The van der Waals surface area contributed by atoms with E-state index in [0.717, 1.165) is 37.4 Å². The Kier molecular flexibility index (Phi) is 5.06. The number of hydrogen-bond donors (Lipinski definition) is 1. The van der Waals surface area contributed by atoms with Crippen molar-refractivity contribution in [2.75, 3.05) is 13.1 Å². The third-order valence-corrected chi connectivity index (χ3v) is 3.91. The summed E-state index contributed by atoms with van der Waals surface area (Å²) in [5, 5.41) is 10.2. The van der Waals surface area contributed by atoms with Crippen LogP contribution in [-0.4, -0.2) is 39.9 Å². The summed E-state index contributed by atoms with van der Waals surface area (Å²) in [5.74, 6) is -0.110. The van der Waals surface area contributed by atoms with Gasteiger partial charge in [-0.3, -0.25) is 9.69 Å². The van der Waals surface area contributed by atoms with Crippen LogP contribution in [-0.2, 0) is 17.8 Å². The number of ether oxygens (including phenoxy) is 1. The second-order valence-electron chi connectivity index (χ2n) is 6.05. The molecule has 21 heavy (non-hydrogen) atoms. The lowest BCUT2D eigenvalue weighted by molar-refractivity contribution is -0.0712. The smallest absolute Gasteiger partial charge is 0.223 e. The van der Waals surface area contributed by atoms with Gasteiger partial charge in [-0.05, 0) is 27.2 Å². The molecule has 1 aromatic heterocycles. The van der Waals surface area contributed by atoms with Gasteiger partial charge in [-0.2, -0.15) is 0 Å². The van der Waals surface area contributed by atoms with Crippen LogP contribution in [0.5, 0.6) is 5.75 Å². The van der Waals surface area contributed by atoms with Gasteiger partial charge < -0.3 is 14.4 Å². The van der Waals surface area contributed by atoms with Crippen LogP contribution < -0.4 is 5.43 Å². The van der Waals surface area contributed by atoms with E-state index in [1.54, 1.807) is 0 Å². The van der Waals surface area contributed by atoms with Gasteiger partial charge in [0.05, 0.1) is 17.9 Å². The molecular weight excluding hydrogens is 268 g/mol. The Morgan fingerprint density at radius 3 is 2.52 bits per heavy atom. The minimum Gasteiger partial charge on any atom is -0.503 e. The van der Waals surface area contributed by atoms with Crippen molar-refractivity contribution >= 4 is 0 Å². The molecule has 0 amide bonds. The molecule has 0 saturated carbocycles. The van der Waals surface area contributed by atoms with Crippen molar-refractivity contribution in [3.63, 3.8) is 0 Å². The highest BCUT2D eigenvalue weighted by Gasteiger charge is 2.24. The van der Waals surface area contributed by atoms with Gasteiger partial charge >= 0.3 is 0 Å². The molecule has 2 atom stereocenters. The van der Waals surface area contributed by atoms with E-state index in [1.165, 1.54) is 6.07 Å². The van der Waals surface area contributed by atoms with Crippen molar-refractivity contribution in [2.45, 2.75) is 59.4 Å². The summed E-state index contributed by atoms with van der Waals surface area (Å²) in [6, 6.07) is 1.51. The molecule has 0 aliphatic carbocycles. The first-order chi connectivity index (χ1) is 9.92. The fourth-order valence-electron chi connectivity index (χ4n) is 3.14. The zero-order valence-corrected chi connectivity index (χ0v) is 13.4. The second-order valence-corrected chi connectivity index (χ2v) is 6.05. The first kappa shape index (κ1) is 16.0. The molecule has 1 aliphatic rings. The Hall–Kier alpha value is -1.33. The molecular formula is C16H26N2O3. The van der Waals surface area contributed by atoms with Crippen molar-refractivity contribution in [1.29, 1.82) is 0 Å². The largest absolute Gasteiger partial charge is 0.503 e. The van der Waals surface area contributed by atoms with Crippen LogP contribution in [0, 0.1) is 6.92 Å². The van der Waals surface area contributed by atoms with Gasteiger partial charge in [0.25, 0.3) is 0 Å². The monoisotopic (exact) mass is 294 g/mol. The molecule has 0 radical (unpaired) electrons. The van der Waals surface area contributed by atoms with Gasteiger partial charge in [-0.15, -0.1) is 0 Å². The molecule has 2 unspecified atom stereocenters. The van der Waals surface area contributed by atoms with Gasteiger partial charge in [0, 0.05) is 37.9 Å². The second kappa shape index (κ2) is 6.62. The van der Waals surface area contributed by atoms with Crippen molar-refractivity contribution in [3.8, 4) is 5.75 Å². The van der Waals surface area contributed by atoms with Crippen LogP contribution in [0.4, 0.5) is 0 Å². The van der Waals surface area contributed by atoms with Crippen LogP contribution in [0.1, 0.15) is 38.6 Å². The van der Waals surface area contributed by atoms with Crippen molar-refractivity contribution < 1.29 is 9.84 Å². The normalized spacial score (nSPS) is 23.4. The van der Waals surface area contributed by atoms with Crippen LogP contribution in [0.25, 0.3) is 0 Å². The molecule has 1 N–H and O–H groups in total. The van der Waals surface area contributed by atoms with Gasteiger partial charge in [-0.1, -0.05) is 6.92 Å². The van der Waals surface area contributed by atoms with Gasteiger partial charge in [-0.25, -0.2) is 0 Å². The number of nitrogens with zero attached hydrogens (tertiary/aromatic N) is 2. The number of hydrogen-bond acceptors (Lipinski definition) is 4. The highest BCUT2D eigenvalue weighted by molar-refractivity contribution is 5.29. The summed E-state index contributed by atoms with van der Waals surface area (Å²) in [4.78, 5) is 14.1. The van der Waals surface area contributed by atoms with E-state index in [1.807, 2.05) is 6.92 Å². The number of aromatic hydroxyl groups is 1. The molecule has 2 rings (SSSR count). The van der Waals surface area contributed by atoms with Gasteiger partial charge in [0.1, 0.15) is 0 Å². The third-order valence-electron chi connectivity index (χ3n) is 3.91. The van der Waals surface area contributed by atoms with Crippen LogP contribution in [0.2, 0.25) is 0 Å². The highest BCUT2D eigenvalue weighted by atomic mass is 16.5. The lowest BCUT2D eigenvalue weighted by Gasteiger charge is -2.36. The number of pyridine rings is 1. The molecule has 1 saturated heterocycles. The maximum Gasteiger partial charge on any atom is 0.223 e. The van der Waals surface area contributed by atoms with Gasteiger partial charge in [0.15, 0.2) is 5.75 Å². The molecule has 1 aromatic rings. The average molecular weight is 294 g/mol. The molecule has 0 aromatic carbocycles. The van der Waals surface area contributed by atoms with E-state index >= 15 is 0 Å². The summed E-state index contributed by atoms with van der Waals surface area (Å²) in [7, 11) is 0. The van der Waals surface area contributed by atoms with Crippen LogP contribution in [0.3, 0.4) is 0 Å². The quantitative estimate of drug-likeness (QED) is 0.921. The minimum absolute atomic E-state index is 0.110. The van der Waals surface area contributed by atoms with Crippen molar-refractivity contribution in [1.82, 2.24) is 9.47 Å². The van der Waals surface area contributed by atoms with E-state index in [-0.39, 0.29) is 23.4 Å². The first-order valence-corrected chi connectivity index (χ1v) is 7.72. The van der Waals surface area contributed by atoms with E-state index in [2.05, 4.69) is 30.2 Å². The molecule has 0 spiro atoms. The molecule has 118 valence electrons. The number of rotatable bonds is 4. The fraction of sp³-hybridized carbons (Fsp3) is 0.688. The zero-order valence-electron chi connectivity index (χ0n) is 13.4. The summed E-state index contributed by atoms with van der Waals surface area (Å²) >= 11 is 0. The third kappa shape index (κ3) is 3.66. The lowest BCUT2D eigenvalue weighted by atomic mass is 10.2. The predicted octanol–water partition coefficient (Wildman–Crippen LogP) is 1.88. The van der Waals surface area contributed by atoms with E-state index < -0.39 is 0 Å². The van der Waals surface area contributed by atoms with Crippen molar-refractivity contribution in [2.24, 2.45) is 0 Å². The summed E-state index contributed by atoms with van der Waals surface area (Å²) in [6.45, 7) is 11.2. The molecule has 5 heteroatoms. The molecule has 1 fully saturated rings. The molecule has 0 bridgehead atoms. The average Bonchev–Trinajstić information content (AvgIpc) is 2.39. The Labute approximate surface area is 126 Å². The Balaban J connectivity index is 2.31. The van der Waals surface area contributed by atoms with E-state index in [0.29, 0.717) is 6.54 Å². The predicted molar refractivity (Wildman–Crippen MR) is 82.7 cm³/mol. The maximum atomic E-state index is 11.9. The molecule has 5 nitrogen and oxygen atoms in total. The standard InChI is InChI=1S/C16H26N2O3/c1-5-6-18-11(2)7-15(19)16(20)14(18)10-17-8-12(3)21-13(4)9-17/h7,12-13,20H,5-6,8-10H2,1-4H3. The summed E-state index contributed by atoms with van der Waals surface area (Å²) in [5.41, 5.74) is 1.34. The van der Waals surface area contributed by atoms with Crippen LogP contribution in [0.15, 0.2) is 10.9 Å². The lowest BCUT2D eigenvalue weighted by Crippen LogP contribution is -2.45. The molecule has 1 aliphatic heterocycles. The minimum atomic E-state index is -0.288. The van der Waals surface area contributed by atoms with Crippen molar-refractivity contribution in [3.05, 3.63) is 27.7 Å². The van der Waals surface area contributed by atoms with Crippen LogP contribution >= 0.6 is 0 Å². The molecule has 2 heterocycles. The summed E-state index contributed by atoms with van der Waals surface area (Å²) in [6.07, 6.45) is 1.31. The van der Waals surface area contributed by atoms with E-state index in [4.69, 9.17) is 4.74 Å². The highest BCUT2D eigenvalue weighted by Crippen LogP contribution is 2.20. The topological polar surface area (TPSA) is 54.7 Å². The SMILES string of the molecule is CCCn1c(C)cc(=O)c(O)c1CN1CC(C)OC(C)C1. The Morgan fingerprint density at radius 2 is 1.95 bits per heavy atom. The fourth-order valence-corrected chi connectivity index (χ4v) is 3.14. The van der Waals surface area contributed by atoms with E-state index in [9.17, 15) is 9.90 Å². The van der Waals surface area contributed by atoms with Gasteiger partial charge in [0.2, 0.25) is 5.43 Å².